The molecule has 4 nitrogen and oxygen atoms in total. The quantitative estimate of drug-likeness (QED) is 0.930. The molecular weight excluding hydrogens is 290 g/mol. The molecule has 0 spiro atoms. The average Bonchev–Trinajstić information content (AvgIpc) is 2.48. The molecule has 1 fully saturated rings. The lowest BCUT2D eigenvalue weighted by Crippen LogP contribution is -2.50. The van der Waals surface area contributed by atoms with E-state index in [9.17, 15) is 9.90 Å². The van der Waals surface area contributed by atoms with Crippen LogP contribution in [-0.2, 0) is 4.79 Å². The molecule has 1 aromatic carbocycles. The van der Waals surface area contributed by atoms with E-state index in [0.29, 0.717) is 10.8 Å². The van der Waals surface area contributed by atoms with Crippen molar-refractivity contribution in [3.63, 3.8) is 0 Å². The molecule has 0 saturated heterocycles. The average molecular weight is 312 g/mol. The monoisotopic (exact) mass is 311 g/mol. The second-order valence-corrected chi connectivity index (χ2v) is 6.02. The molecule has 116 valence electrons. The van der Waals surface area contributed by atoms with Gasteiger partial charge in [0, 0.05) is 12.1 Å². The summed E-state index contributed by atoms with van der Waals surface area (Å²) in [6.07, 6.45) is 2.65. The summed E-state index contributed by atoms with van der Waals surface area (Å²) in [6.45, 7) is 1.72. The second-order valence-electron chi connectivity index (χ2n) is 5.58. The molecule has 1 N–H and O–H groups in total. The standard InChI is InChI=1S/C16H22ClNO3/c1-11(21-13-9-7-12(17)8-10-13)16(20)18(2)14-5-3-4-6-15(14)19/h7-11,14-15,19H,3-6H2,1-2H3/t11-,14+,15-/m0/s1. The van der Waals surface area contributed by atoms with Gasteiger partial charge in [-0.3, -0.25) is 4.79 Å². The Morgan fingerprint density at radius 2 is 1.95 bits per heavy atom. The third kappa shape index (κ3) is 4.11. The number of likely N-dealkylation sites (N-methyl/N-ethyl adjacent to an activating group) is 1. The maximum Gasteiger partial charge on any atom is 0.263 e. The van der Waals surface area contributed by atoms with Gasteiger partial charge in [-0.2, -0.15) is 0 Å². The summed E-state index contributed by atoms with van der Waals surface area (Å²) in [6, 6.07) is 6.82. The van der Waals surface area contributed by atoms with Crippen molar-refractivity contribution in [2.45, 2.75) is 50.9 Å². The Kier molecular flexibility index (Phi) is 5.48. The zero-order chi connectivity index (χ0) is 15.4. The van der Waals surface area contributed by atoms with E-state index in [1.807, 2.05) is 0 Å². The van der Waals surface area contributed by atoms with Crippen molar-refractivity contribution < 1.29 is 14.6 Å². The Hall–Kier alpha value is -1.26. The van der Waals surface area contributed by atoms with Crippen LogP contribution in [0.2, 0.25) is 5.02 Å². The van der Waals surface area contributed by atoms with Crippen LogP contribution in [0.1, 0.15) is 32.6 Å². The van der Waals surface area contributed by atoms with E-state index in [2.05, 4.69) is 0 Å². The zero-order valence-electron chi connectivity index (χ0n) is 12.5. The van der Waals surface area contributed by atoms with Gasteiger partial charge < -0.3 is 14.7 Å². The van der Waals surface area contributed by atoms with E-state index in [0.717, 1.165) is 25.7 Å². The van der Waals surface area contributed by atoms with Crippen molar-refractivity contribution in [1.29, 1.82) is 0 Å². The molecule has 3 atom stereocenters. The maximum atomic E-state index is 12.4. The van der Waals surface area contributed by atoms with Crippen molar-refractivity contribution in [1.82, 2.24) is 4.90 Å². The minimum Gasteiger partial charge on any atom is -0.481 e. The topological polar surface area (TPSA) is 49.8 Å². The number of aliphatic hydroxyl groups is 1. The first-order valence-corrected chi connectivity index (χ1v) is 7.74. The highest BCUT2D eigenvalue weighted by Gasteiger charge is 2.31. The van der Waals surface area contributed by atoms with Crippen LogP contribution < -0.4 is 4.74 Å². The van der Waals surface area contributed by atoms with Crippen LogP contribution in [-0.4, -0.2) is 41.2 Å². The number of ether oxygens (including phenoxy) is 1. The van der Waals surface area contributed by atoms with E-state index in [4.69, 9.17) is 16.3 Å². The molecule has 0 heterocycles. The fourth-order valence-corrected chi connectivity index (χ4v) is 2.89. The van der Waals surface area contributed by atoms with Gasteiger partial charge in [0.2, 0.25) is 0 Å². The molecule has 1 amide bonds. The summed E-state index contributed by atoms with van der Waals surface area (Å²) in [4.78, 5) is 14.1. The van der Waals surface area contributed by atoms with Crippen LogP contribution in [0.25, 0.3) is 0 Å². The van der Waals surface area contributed by atoms with Crippen LogP contribution in [0.4, 0.5) is 0 Å². The van der Waals surface area contributed by atoms with Gasteiger partial charge >= 0.3 is 0 Å². The van der Waals surface area contributed by atoms with Crippen molar-refractivity contribution >= 4 is 17.5 Å². The number of hydrogen-bond donors (Lipinski definition) is 1. The highest BCUT2D eigenvalue weighted by Crippen LogP contribution is 2.23. The van der Waals surface area contributed by atoms with E-state index < -0.39 is 12.2 Å². The molecule has 21 heavy (non-hydrogen) atoms. The van der Waals surface area contributed by atoms with E-state index in [-0.39, 0.29) is 11.9 Å². The van der Waals surface area contributed by atoms with Crippen molar-refractivity contribution in [3.8, 4) is 5.75 Å². The number of amides is 1. The molecule has 1 aliphatic carbocycles. The van der Waals surface area contributed by atoms with Gasteiger partial charge in [-0.05, 0) is 44.0 Å². The molecule has 0 aliphatic heterocycles. The van der Waals surface area contributed by atoms with Gasteiger partial charge in [-0.1, -0.05) is 24.4 Å². The molecule has 1 aromatic rings. The molecule has 1 aliphatic rings. The first-order valence-electron chi connectivity index (χ1n) is 7.36. The highest BCUT2D eigenvalue weighted by molar-refractivity contribution is 6.30. The van der Waals surface area contributed by atoms with Crippen LogP contribution in [0, 0.1) is 0 Å². The van der Waals surface area contributed by atoms with Crippen LogP contribution in [0.3, 0.4) is 0 Å². The minimum absolute atomic E-state index is 0.109. The summed E-state index contributed by atoms with van der Waals surface area (Å²) in [5.41, 5.74) is 0. The van der Waals surface area contributed by atoms with Gasteiger partial charge in [0.1, 0.15) is 5.75 Å². The van der Waals surface area contributed by atoms with Crippen LogP contribution in [0.5, 0.6) is 5.75 Å². The molecular formula is C16H22ClNO3. The second kappa shape index (κ2) is 7.14. The lowest BCUT2D eigenvalue weighted by Gasteiger charge is -2.36. The van der Waals surface area contributed by atoms with Crippen molar-refractivity contribution in [2.75, 3.05) is 7.05 Å². The SMILES string of the molecule is C[C@H](Oc1ccc(Cl)cc1)C(=O)N(C)[C@@H]1CCCC[C@@H]1O. The fourth-order valence-electron chi connectivity index (χ4n) is 2.76. The molecule has 0 unspecified atom stereocenters. The van der Waals surface area contributed by atoms with Gasteiger partial charge in [-0.25, -0.2) is 0 Å². The fraction of sp³-hybridized carbons (Fsp3) is 0.562. The molecule has 0 radical (unpaired) electrons. The third-order valence-corrected chi connectivity index (χ3v) is 4.27. The van der Waals surface area contributed by atoms with E-state index in [1.165, 1.54) is 0 Å². The first-order chi connectivity index (χ1) is 9.99. The smallest absolute Gasteiger partial charge is 0.263 e. The summed E-state index contributed by atoms with van der Waals surface area (Å²) < 4.78 is 5.65. The van der Waals surface area contributed by atoms with Gasteiger partial charge in [-0.15, -0.1) is 0 Å². The van der Waals surface area contributed by atoms with Crippen LogP contribution in [0.15, 0.2) is 24.3 Å². The number of rotatable bonds is 4. The summed E-state index contributed by atoms with van der Waals surface area (Å²) >= 11 is 5.82. The number of benzene rings is 1. The van der Waals surface area contributed by atoms with Crippen molar-refractivity contribution in [3.05, 3.63) is 29.3 Å². The Morgan fingerprint density at radius 3 is 2.57 bits per heavy atom. The number of nitrogens with zero attached hydrogens (tertiary/aromatic N) is 1. The predicted octanol–water partition coefficient (Wildman–Crippen LogP) is 2.87. The summed E-state index contributed by atoms with van der Waals surface area (Å²) in [7, 11) is 1.74. The Balaban J connectivity index is 1.96. The highest BCUT2D eigenvalue weighted by atomic mass is 35.5. The first kappa shape index (κ1) is 16.1. The van der Waals surface area contributed by atoms with Gasteiger partial charge in [0.05, 0.1) is 12.1 Å². The Morgan fingerprint density at radius 1 is 1.33 bits per heavy atom. The molecule has 5 heteroatoms. The molecule has 2 rings (SSSR count). The molecule has 1 saturated carbocycles. The Bertz CT molecular complexity index is 477. The molecule has 0 aromatic heterocycles. The van der Waals surface area contributed by atoms with Gasteiger partial charge in [0.25, 0.3) is 5.91 Å². The maximum absolute atomic E-state index is 12.4. The zero-order valence-corrected chi connectivity index (χ0v) is 13.2. The lowest BCUT2D eigenvalue weighted by molar-refractivity contribution is -0.142. The van der Waals surface area contributed by atoms with E-state index >= 15 is 0 Å². The lowest BCUT2D eigenvalue weighted by atomic mass is 9.91. The number of carbonyl (C=O) groups excluding carboxylic acids is 1. The van der Waals surface area contributed by atoms with Crippen molar-refractivity contribution in [2.24, 2.45) is 0 Å². The summed E-state index contributed by atoms with van der Waals surface area (Å²) in [5, 5.41) is 10.7. The largest absolute Gasteiger partial charge is 0.481 e. The van der Waals surface area contributed by atoms with Gasteiger partial charge in [0.15, 0.2) is 6.10 Å². The van der Waals surface area contributed by atoms with Crippen LogP contribution >= 0.6 is 11.6 Å². The number of hydrogen-bond acceptors (Lipinski definition) is 3. The predicted molar refractivity (Wildman–Crippen MR) is 82.6 cm³/mol. The number of carbonyl (C=O) groups is 1. The summed E-state index contributed by atoms with van der Waals surface area (Å²) in [5.74, 6) is 0.494. The third-order valence-electron chi connectivity index (χ3n) is 4.01. The normalized spacial score (nSPS) is 23.4. The molecule has 0 bridgehead atoms. The Labute approximate surface area is 130 Å². The van der Waals surface area contributed by atoms with E-state index in [1.54, 1.807) is 43.1 Å². The minimum atomic E-state index is -0.592. The number of aliphatic hydroxyl groups excluding tert-OH is 1. The number of halogens is 1.